The first kappa shape index (κ1) is 10.8. The summed E-state index contributed by atoms with van der Waals surface area (Å²) in [5, 5.41) is 0. The van der Waals surface area contributed by atoms with Crippen molar-refractivity contribution in [2.75, 3.05) is 0 Å². The Morgan fingerprint density at radius 3 is 2.43 bits per heavy atom. The highest BCUT2D eigenvalue weighted by molar-refractivity contribution is 5.50. The third-order valence-corrected chi connectivity index (χ3v) is 2.13. The number of carbonyl (C=O) groups excluding carboxylic acids is 1. The third-order valence-electron chi connectivity index (χ3n) is 2.13. The van der Waals surface area contributed by atoms with Gasteiger partial charge in [0.15, 0.2) is 0 Å². The molecule has 0 amide bonds. The first-order valence-electron chi connectivity index (χ1n) is 4.59. The summed E-state index contributed by atoms with van der Waals surface area (Å²) in [5.41, 5.74) is 0.905. The van der Waals surface area contributed by atoms with Crippen molar-refractivity contribution in [3.05, 3.63) is 34.9 Å². The Kier molecular flexibility index (Phi) is 3.74. The van der Waals surface area contributed by atoms with Gasteiger partial charge in [-0.15, -0.1) is 0 Å². The van der Waals surface area contributed by atoms with Gasteiger partial charge >= 0.3 is 0 Å². The minimum Gasteiger partial charge on any atom is -0.303 e. The predicted octanol–water partition coefficient (Wildman–Crippen LogP) is 2.66. The lowest BCUT2D eigenvalue weighted by molar-refractivity contribution is -0.107. The van der Waals surface area contributed by atoms with Crippen molar-refractivity contribution in [3.63, 3.8) is 0 Å². The second kappa shape index (κ2) is 4.84. The number of halogens is 2. The van der Waals surface area contributed by atoms with Crippen LogP contribution in [0.3, 0.4) is 0 Å². The topological polar surface area (TPSA) is 17.1 Å². The average molecular weight is 198 g/mol. The molecule has 0 radical (unpaired) electrons. The predicted molar refractivity (Wildman–Crippen MR) is 50.1 cm³/mol. The number of rotatable bonds is 4. The van der Waals surface area contributed by atoms with E-state index in [0.717, 1.165) is 12.4 Å². The number of aryl methyl sites for hydroxylation is 2. The summed E-state index contributed by atoms with van der Waals surface area (Å²) in [6.45, 7) is 1.81. The van der Waals surface area contributed by atoms with Gasteiger partial charge in [-0.2, -0.15) is 0 Å². The Morgan fingerprint density at radius 1 is 1.21 bits per heavy atom. The van der Waals surface area contributed by atoms with Crippen LogP contribution in [-0.2, 0) is 17.6 Å². The average Bonchev–Trinajstić information content (AvgIpc) is 2.17. The van der Waals surface area contributed by atoms with Gasteiger partial charge in [0, 0.05) is 12.5 Å². The van der Waals surface area contributed by atoms with Gasteiger partial charge in [-0.05, 0) is 30.0 Å². The highest BCUT2D eigenvalue weighted by Gasteiger charge is 2.08. The summed E-state index contributed by atoms with van der Waals surface area (Å²) in [4.78, 5) is 10.1. The number of hydrogen-bond acceptors (Lipinski definition) is 1. The lowest BCUT2D eigenvalue weighted by Crippen LogP contribution is -1.97. The molecule has 0 heterocycles. The molecule has 0 aliphatic rings. The molecule has 0 saturated carbocycles. The maximum atomic E-state index is 13.1. The molecule has 0 spiro atoms. The first-order chi connectivity index (χ1) is 6.69. The van der Waals surface area contributed by atoms with E-state index in [2.05, 4.69) is 0 Å². The molecule has 0 N–H and O–H groups in total. The van der Waals surface area contributed by atoms with Crippen molar-refractivity contribution in [2.45, 2.75) is 26.2 Å². The van der Waals surface area contributed by atoms with E-state index in [1.54, 1.807) is 6.92 Å². The molecule has 3 heteroatoms. The summed E-state index contributed by atoms with van der Waals surface area (Å²) < 4.78 is 26.2. The van der Waals surface area contributed by atoms with E-state index in [1.165, 1.54) is 6.07 Å². The van der Waals surface area contributed by atoms with Gasteiger partial charge in [-0.3, -0.25) is 0 Å². The molecule has 0 atom stereocenters. The van der Waals surface area contributed by atoms with E-state index in [9.17, 15) is 13.6 Å². The van der Waals surface area contributed by atoms with Crippen LogP contribution < -0.4 is 0 Å². The van der Waals surface area contributed by atoms with Gasteiger partial charge in [-0.25, -0.2) is 8.78 Å². The molecule has 0 bridgehead atoms. The fourth-order valence-electron chi connectivity index (χ4n) is 1.32. The van der Waals surface area contributed by atoms with Crippen LogP contribution >= 0.6 is 0 Å². The monoisotopic (exact) mass is 198 g/mol. The number of aldehydes is 1. The van der Waals surface area contributed by atoms with E-state index in [4.69, 9.17) is 0 Å². The SMILES string of the molecule is CCc1cc(CCC=O)c(F)cc1F. The molecule has 1 aromatic rings. The van der Waals surface area contributed by atoms with E-state index in [-0.39, 0.29) is 6.42 Å². The van der Waals surface area contributed by atoms with Gasteiger partial charge in [0.2, 0.25) is 0 Å². The molecular formula is C11H12F2O. The lowest BCUT2D eigenvalue weighted by atomic mass is 10.0. The molecule has 1 nitrogen and oxygen atoms in total. The van der Waals surface area contributed by atoms with Crippen LogP contribution in [0.4, 0.5) is 8.78 Å². The van der Waals surface area contributed by atoms with Crippen LogP contribution in [0.25, 0.3) is 0 Å². The molecule has 1 rings (SSSR count). The van der Waals surface area contributed by atoms with Crippen molar-refractivity contribution in [1.29, 1.82) is 0 Å². The second-order valence-electron chi connectivity index (χ2n) is 3.09. The standard InChI is InChI=1S/C11H12F2O/c1-2-8-6-9(4-3-5-14)11(13)7-10(8)12/h5-7H,2-4H2,1H3. The van der Waals surface area contributed by atoms with Crippen LogP contribution in [0, 0.1) is 11.6 Å². The molecule has 0 fully saturated rings. The molecule has 1 aromatic carbocycles. The van der Waals surface area contributed by atoms with Crippen molar-refractivity contribution >= 4 is 6.29 Å². The number of carbonyl (C=O) groups is 1. The van der Waals surface area contributed by atoms with Crippen molar-refractivity contribution in [1.82, 2.24) is 0 Å². The van der Waals surface area contributed by atoms with Crippen LogP contribution in [0.5, 0.6) is 0 Å². The van der Waals surface area contributed by atoms with Crippen molar-refractivity contribution < 1.29 is 13.6 Å². The maximum Gasteiger partial charge on any atom is 0.129 e. The third kappa shape index (κ3) is 2.37. The summed E-state index contributed by atoms with van der Waals surface area (Å²) in [5.74, 6) is -1.08. The highest BCUT2D eigenvalue weighted by Crippen LogP contribution is 2.16. The minimum absolute atomic E-state index is 0.270. The summed E-state index contributed by atoms with van der Waals surface area (Å²) in [6, 6.07) is 2.38. The fourth-order valence-corrected chi connectivity index (χ4v) is 1.32. The zero-order chi connectivity index (χ0) is 10.6. The Balaban J connectivity index is 2.98. The van der Waals surface area contributed by atoms with E-state index in [0.29, 0.717) is 24.0 Å². The van der Waals surface area contributed by atoms with Gasteiger partial charge < -0.3 is 4.79 Å². The zero-order valence-corrected chi connectivity index (χ0v) is 8.02. The second-order valence-corrected chi connectivity index (χ2v) is 3.09. The van der Waals surface area contributed by atoms with Crippen molar-refractivity contribution in [2.24, 2.45) is 0 Å². The fraction of sp³-hybridized carbons (Fsp3) is 0.364. The first-order valence-corrected chi connectivity index (χ1v) is 4.59. The van der Waals surface area contributed by atoms with Crippen molar-refractivity contribution in [3.8, 4) is 0 Å². The molecule has 0 aliphatic carbocycles. The largest absolute Gasteiger partial charge is 0.303 e. The van der Waals surface area contributed by atoms with E-state index in [1.807, 2.05) is 0 Å². The van der Waals surface area contributed by atoms with Gasteiger partial charge in [0.05, 0.1) is 0 Å². The van der Waals surface area contributed by atoms with Crippen LogP contribution in [-0.4, -0.2) is 6.29 Å². The highest BCUT2D eigenvalue weighted by atomic mass is 19.1. The molecule has 14 heavy (non-hydrogen) atoms. The van der Waals surface area contributed by atoms with Crippen LogP contribution in [0.15, 0.2) is 12.1 Å². The van der Waals surface area contributed by atoms with Gasteiger partial charge in [0.1, 0.15) is 17.9 Å². The molecular weight excluding hydrogens is 186 g/mol. The lowest BCUT2D eigenvalue weighted by Gasteiger charge is -2.05. The summed E-state index contributed by atoms with van der Waals surface area (Å²) >= 11 is 0. The number of benzene rings is 1. The Morgan fingerprint density at radius 2 is 1.86 bits per heavy atom. The molecule has 76 valence electrons. The quantitative estimate of drug-likeness (QED) is 0.680. The maximum absolute atomic E-state index is 13.1. The van der Waals surface area contributed by atoms with E-state index >= 15 is 0 Å². The normalized spacial score (nSPS) is 10.2. The zero-order valence-electron chi connectivity index (χ0n) is 8.02. The Labute approximate surface area is 81.7 Å². The molecule has 0 aromatic heterocycles. The van der Waals surface area contributed by atoms with Gasteiger partial charge in [0.25, 0.3) is 0 Å². The summed E-state index contributed by atoms with van der Waals surface area (Å²) in [6.07, 6.45) is 1.86. The molecule has 0 saturated heterocycles. The number of hydrogen-bond donors (Lipinski definition) is 0. The van der Waals surface area contributed by atoms with Crippen LogP contribution in [0.2, 0.25) is 0 Å². The smallest absolute Gasteiger partial charge is 0.129 e. The minimum atomic E-state index is -0.568. The molecule has 0 aliphatic heterocycles. The van der Waals surface area contributed by atoms with Crippen LogP contribution in [0.1, 0.15) is 24.5 Å². The molecule has 0 unspecified atom stereocenters. The Hall–Kier alpha value is -1.25. The Bertz CT molecular complexity index is 334. The van der Waals surface area contributed by atoms with E-state index < -0.39 is 11.6 Å². The summed E-state index contributed by atoms with van der Waals surface area (Å²) in [7, 11) is 0. The van der Waals surface area contributed by atoms with Gasteiger partial charge in [-0.1, -0.05) is 6.92 Å².